The molecule has 3 N–H and O–H groups in total. The van der Waals surface area contributed by atoms with Crippen LogP contribution in [-0.2, 0) is 14.4 Å². The first kappa shape index (κ1) is 30.3. The minimum Gasteiger partial charge on any atom is -0.346 e. The molecule has 8 atom stereocenters. The fourth-order valence-corrected chi connectivity index (χ4v) is 10.6. The lowest BCUT2D eigenvalue weighted by Gasteiger charge is -2.69. The van der Waals surface area contributed by atoms with Gasteiger partial charge in [0.05, 0.1) is 5.41 Å². The maximum absolute atomic E-state index is 14.4. The maximum Gasteiger partial charge on any atom is 0.405 e. The molecule has 0 aromatic rings. The Morgan fingerprint density at radius 2 is 1.71 bits per heavy atom. The molecule has 0 spiro atoms. The number of alkyl halides is 3. The van der Waals surface area contributed by atoms with Gasteiger partial charge >= 0.3 is 6.18 Å². The number of ketones is 2. The van der Waals surface area contributed by atoms with E-state index >= 15 is 0 Å². The van der Waals surface area contributed by atoms with Crippen LogP contribution in [0.2, 0.25) is 0 Å². The van der Waals surface area contributed by atoms with Gasteiger partial charge in [-0.15, -0.1) is 0 Å². The van der Waals surface area contributed by atoms with E-state index in [1.54, 1.807) is 0 Å². The molecule has 0 aromatic heterocycles. The molecule has 1 amide bonds. The van der Waals surface area contributed by atoms with Crippen LogP contribution in [0.3, 0.4) is 0 Å². The second-order valence-electron chi connectivity index (χ2n) is 15.6. The second-order valence-corrected chi connectivity index (χ2v) is 15.6. The van der Waals surface area contributed by atoms with Crippen LogP contribution in [0.5, 0.6) is 0 Å². The van der Waals surface area contributed by atoms with Crippen molar-refractivity contribution in [3.05, 3.63) is 11.6 Å². The normalized spacial score (nSPS) is 45.7. The molecule has 0 aromatic carbocycles. The van der Waals surface area contributed by atoms with E-state index in [1.807, 2.05) is 13.0 Å². The van der Waals surface area contributed by atoms with Crippen LogP contribution in [0, 0.1) is 50.2 Å². The number of allylic oxidation sites excluding steroid dienone is 2. The Labute approximate surface area is 241 Å². The van der Waals surface area contributed by atoms with Gasteiger partial charge in [-0.3, -0.25) is 19.6 Å². The molecule has 41 heavy (non-hydrogen) atoms. The Balaban J connectivity index is 1.60. The van der Waals surface area contributed by atoms with Crippen LogP contribution >= 0.6 is 0 Å². The first-order valence-corrected chi connectivity index (χ1v) is 15.2. The third kappa shape index (κ3) is 4.17. The van der Waals surface area contributed by atoms with E-state index in [4.69, 9.17) is 0 Å². The van der Waals surface area contributed by atoms with E-state index in [0.29, 0.717) is 38.5 Å². The molecule has 0 radical (unpaired) electrons. The number of Topliss-reactive ketones (excluding diaryl/α,β-unsaturated/α-hetero) is 1. The van der Waals surface area contributed by atoms with E-state index in [0.717, 1.165) is 24.8 Å². The topological polar surface area (TPSA) is 97.4 Å². The van der Waals surface area contributed by atoms with E-state index in [2.05, 4.69) is 45.1 Å². The summed E-state index contributed by atoms with van der Waals surface area (Å²) in [7, 11) is 0. The van der Waals surface area contributed by atoms with Crippen LogP contribution in [0.1, 0.15) is 99.3 Å². The van der Waals surface area contributed by atoms with Crippen molar-refractivity contribution < 1.29 is 37.9 Å². The summed E-state index contributed by atoms with van der Waals surface area (Å²) in [6.07, 6.45) is 4.13. The highest BCUT2D eigenvalue weighted by Gasteiger charge is 2.71. The van der Waals surface area contributed by atoms with Crippen LogP contribution in [-0.4, -0.2) is 41.6 Å². The van der Waals surface area contributed by atoms with Gasteiger partial charge in [0.1, 0.15) is 17.7 Å². The number of halogens is 3. The Morgan fingerprint density at radius 3 is 2.34 bits per heavy atom. The van der Waals surface area contributed by atoms with Gasteiger partial charge < -0.3 is 5.32 Å². The SMILES string of the molecule is CC1(C)CC[C@]2(C(=O)NCC(F)(F)F)CC[C@]3(C)[C@H](C(=O)C=C4[C@@]5(C)CCC(=O)[C@@](C)(/C=[NH+]/O)C5CC[C@]43C)[C@@H]2C1. The van der Waals surface area contributed by atoms with E-state index in [-0.39, 0.29) is 34.2 Å². The molecular weight excluding hydrogens is 533 g/mol. The fourth-order valence-electron chi connectivity index (χ4n) is 10.6. The summed E-state index contributed by atoms with van der Waals surface area (Å²) in [5.74, 6) is -1.42. The molecule has 5 aliphatic rings. The van der Waals surface area contributed by atoms with Crippen molar-refractivity contribution >= 4 is 23.7 Å². The Morgan fingerprint density at radius 1 is 1.05 bits per heavy atom. The van der Waals surface area contributed by atoms with E-state index in [9.17, 15) is 32.8 Å². The Kier molecular flexibility index (Phi) is 6.76. The quantitative estimate of drug-likeness (QED) is 0.256. The molecule has 5 aliphatic carbocycles. The molecule has 5 rings (SSSR count). The van der Waals surface area contributed by atoms with Crippen molar-refractivity contribution in [2.24, 2.45) is 50.2 Å². The molecule has 0 saturated heterocycles. The van der Waals surface area contributed by atoms with Crippen molar-refractivity contribution in [3.63, 3.8) is 0 Å². The first-order chi connectivity index (χ1) is 18.8. The van der Waals surface area contributed by atoms with Crippen LogP contribution in [0.15, 0.2) is 11.6 Å². The summed E-state index contributed by atoms with van der Waals surface area (Å²) in [6.45, 7) is 11.4. The van der Waals surface area contributed by atoms with Gasteiger partial charge in [-0.25, -0.2) is 0 Å². The highest BCUT2D eigenvalue weighted by atomic mass is 19.4. The highest BCUT2D eigenvalue weighted by molar-refractivity contribution is 6.00. The number of hydrogen-bond donors (Lipinski definition) is 3. The summed E-state index contributed by atoms with van der Waals surface area (Å²) < 4.78 is 39.4. The Hall–Kier alpha value is -2.19. The third-order valence-electron chi connectivity index (χ3n) is 13.1. The number of fused-ring (bicyclic) bond motifs is 7. The Bertz CT molecular complexity index is 1230. The molecule has 0 bridgehead atoms. The summed E-state index contributed by atoms with van der Waals surface area (Å²) in [5.41, 5.74) is -2.23. The molecule has 9 heteroatoms. The zero-order valence-corrected chi connectivity index (χ0v) is 25.3. The molecular formula is C32H46F3N2O4+. The molecule has 228 valence electrons. The smallest absolute Gasteiger partial charge is 0.346 e. The lowest BCUT2D eigenvalue weighted by atomic mass is 9.33. The number of nitrogens with one attached hydrogen (secondary N) is 2. The van der Waals surface area contributed by atoms with Crippen molar-refractivity contribution in [1.82, 2.24) is 5.32 Å². The number of carbonyl (C=O) groups excluding carboxylic acids is 3. The number of amides is 1. The average molecular weight is 580 g/mol. The van der Waals surface area contributed by atoms with Gasteiger partial charge in [0.2, 0.25) is 12.1 Å². The van der Waals surface area contributed by atoms with Crippen LogP contribution < -0.4 is 10.5 Å². The van der Waals surface area contributed by atoms with Crippen LogP contribution in [0.25, 0.3) is 0 Å². The standard InChI is InChI=1S/C32H45F3N2O4/c1-26(2)11-13-31(25(40)36-18-32(33,34)35)14-12-30(6)24(19(31)16-26)20(38)15-22-27(3)9-8-23(39)28(4,17-37-41)21(27)7-10-29(22,30)5/h15,17,19,21,24,41H,7-14,16,18H2,1-6H3,(H,36,40)/p+1/b37-17+/t19-,21?,24-,27-,28-,29+,30+,31-/m0/s1. The number of hydrogen-bond acceptors (Lipinski definition) is 4. The van der Waals surface area contributed by atoms with Gasteiger partial charge in [0.25, 0.3) is 0 Å². The predicted molar refractivity (Wildman–Crippen MR) is 147 cm³/mol. The maximum atomic E-state index is 14.4. The predicted octanol–water partition coefficient (Wildman–Crippen LogP) is 4.74. The van der Waals surface area contributed by atoms with Gasteiger partial charge in [0, 0.05) is 12.3 Å². The summed E-state index contributed by atoms with van der Waals surface area (Å²) in [5, 5.41) is 13.9. The van der Waals surface area contributed by atoms with Crippen molar-refractivity contribution in [2.75, 3.05) is 6.54 Å². The summed E-state index contributed by atoms with van der Waals surface area (Å²) in [6, 6.07) is 0. The zero-order valence-electron chi connectivity index (χ0n) is 25.3. The third-order valence-corrected chi connectivity index (χ3v) is 13.1. The summed E-state index contributed by atoms with van der Waals surface area (Å²) >= 11 is 0. The van der Waals surface area contributed by atoms with Gasteiger partial charge in [-0.05, 0) is 103 Å². The van der Waals surface area contributed by atoms with E-state index in [1.165, 1.54) is 6.21 Å². The zero-order chi connectivity index (χ0) is 30.4. The minimum absolute atomic E-state index is 0.0277. The van der Waals surface area contributed by atoms with Crippen molar-refractivity contribution in [2.45, 2.75) is 106 Å². The number of rotatable bonds is 3. The van der Waals surface area contributed by atoms with Gasteiger partial charge in [-0.1, -0.05) is 40.2 Å². The first-order valence-electron chi connectivity index (χ1n) is 15.2. The monoisotopic (exact) mass is 579 g/mol. The van der Waals surface area contributed by atoms with Gasteiger partial charge in [-0.2, -0.15) is 13.2 Å². The molecule has 1 unspecified atom stereocenters. The van der Waals surface area contributed by atoms with Crippen molar-refractivity contribution in [3.8, 4) is 0 Å². The molecule has 0 aliphatic heterocycles. The molecule has 4 fully saturated rings. The van der Waals surface area contributed by atoms with Crippen LogP contribution in [0.4, 0.5) is 13.2 Å². The number of carbonyl (C=O) groups is 3. The molecule has 6 nitrogen and oxygen atoms in total. The lowest BCUT2D eigenvalue weighted by Crippen LogP contribution is -2.71. The highest BCUT2D eigenvalue weighted by Crippen LogP contribution is 2.74. The lowest BCUT2D eigenvalue weighted by molar-refractivity contribution is -0.736. The van der Waals surface area contributed by atoms with Crippen molar-refractivity contribution in [1.29, 1.82) is 0 Å². The average Bonchev–Trinajstić information content (AvgIpc) is 2.86. The second kappa shape index (κ2) is 9.15. The largest absolute Gasteiger partial charge is 0.405 e. The van der Waals surface area contributed by atoms with E-state index < -0.39 is 46.2 Å². The molecule has 4 saturated carbocycles. The van der Waals surface area contributed by atoms with Gasteiger partial charge in [0.15, 0.2) is 5.78 Å². The fraction of sp³-hybridized carbons (Fsp3) is 0.812. The summed E-state index contributed by atoms with van der Waals surface area (Å²) in [4.78, 5) is 41.2. The minimum atomic E-state index is -4.50. The molecule has 0 heterocycles.